The molecule has 1 heterocycles. The summed E-state index contributed by atoms with van der Waals surface area (Å²) >= 11 is 1.55. The molecule has 0 aromatic heterocycles. The van der Waals surface area contributed by atoms with Crippen LogP contribution < -0.4 is 11.1 Å². The second-order valence-electron chi connectivity index (χ2n) is 8.29. The van der Waals surface area contributed by atoms with Crippen molar-refractivity contribution in [3.05, 3.63) is 59.7 Å². The molecule has 3 N–H and O–H groups in total. The summed E-state index contributed by atoms with van der Waals surface area (Å²) < 4.78 is 27.4. The SMILES string of the molecule is CCCN(CCC)S(=O)(=O)c1ccc(C(=O)Nc2cccc(C3(C)CCSC(N)=N3)c2)cc1. The fourth-order valence-electron chi connectivity index (χ4n) is 3.81. The molecule has 1 aliphatic rings. The topological polar surface area (TPSA) is 105 Å². The van der Waals surface area contributed by atoms with E-state index in [9.17, 15) is 13.2 Å². The van der Waals surface area contributed by atoms with Crippen molar-refractivity contribution in [2.45, 2.75) is 50.5 Å². The number of rotatable bonds is 9. The van der Waals surface area contributed by atoms with Crippen LogP contribution in [0.2, 0.25) is 0 Å². The quantitative estimate of drug-likeness (QED) is 0.544. The lowest BCUT2D eigenvalue weighted by Gasteiger charge is -2.30. The van der Waals surface area contributed by atoms with Gasteiger partial charge in [-0.3, -0.25) is 9.79 Å². The van der Waals surface area contributed by atoms with Gasteiger partial charge in [0.05, 0.1) is 10.4 Å². The van der Waals surface area contributed by atoms with Crippen LogP contribution >= 0.6 is 11.8 Å². The highest BCUT2D eigenvalue weighted by molar-refractivity contribution is 8.13. The Hall–Kier alpha value is -2.36. The van der Waals surface area contributed by atoms with Gasteiger partial charge in [0, 0.05) is 30.1 Å². The van der Waals surface area contributed by atoms with Gasteiger partial charge in [-0.2, -0.15) is 4.31 Å². The molecule has 1 aliphatic heterocycles. The van der Waals surface area contributed by atoms with Crippen molar-refractivity contribution < 1.29 is 13.2 Å². The molecule has 0 saturated carbocycles. The zero-order chi connectivity index (χ0) is 24.1. The Morgan fingerprint density at radius 3 is 2.42 bits per heavy atom. The van der Waals surface area contributed by atoms with Gasteiger partial charge in [-0.25, -0.2) is 8.42 Å². The number of aliphatic imine (C=N–C) groups is 1. The standard InChI is InChI=1S/C24H32N4O3S2/c1-4-14-28(15-5-2)33(30,31)21-11-9-18(10-12-21)22(29)26-20-8-6-7-19(17-20)24(3)13-16-32-23(25)27-24/h6-12,17H,4-5,13-16H2,1-3H3,(H2,25,27)(H,26,29). The molecule has 0 bridgehead atoms. The van der Waals surface area contributed by atoms with Gasteiger partial charge in [-0.1, -0.05) is 37.7 Å². The van der Waals surface area contributed by atoms with Gasteiger partial charge in [0.25, 0.3) is 5.91 Å². The minimum absolute atomic E-state index is 0.196. The van der Waals surface area contributed by atoms with Crippen LogP contribution in [0.15, 0.2) is 58.4 Å². The van der Waals surface area contributed by atoms with E-state index in [-0.39, 0.29) is 10.8 Å². The third-order valence-electron chi connectivity index (χ3n) is 5.64. The highest BCUT2D eigenvalue weighted by atomic mass is 32.2. The first-order chi connectivity index (χ1) is 15.7. The number of carbonyl (C=O) groups excluding carboxylic acids is 1. The maximum Gasteiger partial charge on any atom is 0.255 e. The molecule has 1 unspecified atom stereocenters. The molecule has 2 aromatic carbocycles. The number of thioether (sulfide) groups is 1. The molecule has 2 aromatic rings. The maximum atomic E-state index is 12.9. The molecular weight excluding hydrogens is 456 g/mol. The van der Waals surface area contributed by atoms with Gasteiger partial charge in [0.15, 0.2) is 5.17 Å². The molecule has 7 nitrogen and oxygen atoms in total. The molecule has 0 fully saturated rings. The normalized spacial score (nSPS) is 18.7. The van der Waals surface area contributed by atoms with E-state index in [0.29, 0.717) is 29.5 Å². The highest BCUT2D eigenvalue weighted by Gasteiger charge is 2.29. The summed E-state index contributed by atoms with van der Waals surface area (Å²) in [4.78, 5) is 17.6. The minimum Gasteiger partial charge on any atom is -0.379 e. The average molecular weight is 489 g/mol. The lowest BCUT2D eigenvalue weighted by Crippen LogP contribution is -2.32. The molecule has 1 atom stereocenters. The number of nitrogens with two attached hydrogens (primary N) is 1. The van der Waals surface area contributed by atoms with Gasteiger partial charge in [-0.15, -0.1) is 0 Å². The summed E-state index contributed by atoms with van der Waals surface area (Å²) in [6.07, 6.45) is 2.35. The van der Waals surface area contributed by atoms with E-state index < -0.39 is 15.6 Å². The molecule has 0 aliphatic carbocycles. The predicted octanol–water partition coefficient (Wildman–Crippen LogP) is 4.42. The van der Waals surface area contributed by atoms with Crippen LogP contribution in [0.5, 0.6) is 0 Å². The van der Waals surface area contributed by atoms with Gasteiger partial charge < -0.3 is 11.1 Å². The second kappa shape index (κ2) is 10.7. The van der Waals surface area contributed by atoms with Crippen molar-refractivity contribution >= 4 is 38.5 Å². The third kappa shape index (κ3) is 5.96. The fourth-order valence-corrected chi connectivity index (χ4v) is 6.41. The number of anilines is 1. The summed E-state index contributed by atoms with van der Waals surface area (Å²) in [6, 6.07) is 13.7. The number of amides is 1. The maximum absolute atomic E-state index is 12.9. The van der Waals surface area contributed by atoms with Crippen LogP contribution in [0.4, 0.5) is 5.69 Å². The van der Waals surface area contributed by atoms with E-state index in [2.05, 4.69) is 10.3 Å². The van der Waals surface area contributed by atoms with E-state index in [1.807, 2.05) is 45.0 Å². The Bertz CT molecular complexity index is 1110. The molecule has 9 heteroatoms. The van der Waals surface area contributed by atoms with Crippen LogP contribution in [0.25, 0.3) is 0 Å². The van der Waals surface area contributed by atoms with E-state index in [1.165, 1.54) is 16.4 Å². The highest BCUT2D eigenvalue weighted by Crippen LogP contribution is 2.35. The Morgan fingerprint density at radius 1 is 1.15 bits per heavy atom. The van der Waals surface area contributed by atoms with E-state index in [4.69, 9.17) is 5.73 Å². The van der Waals surface area contributed by atoms with Gasteiger partial charge in [0.2, 0.25) is 10.0 Å². The molecule has 33 heavy (non-hydrogen) atoms. The Kier molecular flexibility index (Phi) is 8.20. The summed E-state index contributed by atoms with van der Waals surface area (Å²) in [6.45, 7) is 6.90. The Labute approximate surface area is 200 Å². The van der Waals surface area contributed by atoms with Crippen molar-refractivity contribution in [2.75, 3.05) is 24.2 Å². The summed E-state index contributed by atoms with van der Waals surface area (Å²) in [5.41, 5.74) is 7.54. The summed E-state index contributed by atoms with van der Waals surface area (Å²) in [7, 11) is -3.58. The summed E-state index contributed by atoms with van der Waals surface area (Å²) in [5.74, 6) is 0.591. The molecular formula is C24H32N4O3S2. The monoisotopic (exact) mass is 488 g/mol. The first kappa shape index (κ1) is 25.3. The van der Waals surface area contributed by atoms with Crippen LogP contribution in [-0.4, -0.2) is 42.6 Å². The molecule has 1 amide bonds. The Morgan fingerprint density at radius 2 is 1.82 bits per heavy atom. The van der Waals surface area contributed by atoms with Crippen LogP contribution in [-0.2, 0) is 15.6 Å². The van der Waals surface area contributed by atoms with Crippen molar-refractivity contribution in [2.24, 2.45) is 10.7 Å². The summed E-state index contributed by atoms with van der Waals surface area (Å²) in [5, 5.41) is 3.48. The molecule has 0 saturated heterocycles. The second-order valence-corrected chi connectivity index (χ2v) is 11.3. The number of nitrogens with zero attached hydrogens (tertiary/aromatic N) is 2. The van der Waals surface area contributed by atoms with E-state index >= 15 is 0 Å². The minimum atomic E-state index is -3.58. The number of hydrogen-bond donors (Lipinski definition) is 2. The molecule has 3 rings (SSSR count). The zero-order valence-electron chi connectivity index (χ0n) is 19.4. The number of amidine groups is 1. The van der Waals surface area contributed by atoms with E-state index in [0.717, 1.165) is 30.6 Å². The number of carbonyl (C=O) groups is 1. The first-order valence-corrected chi connectivity index (χ1v) is 13.6. The third-order valence-corrected chi connectivity index (χ3v) is 8.35. The zero-order valence-corrected chi connectivity index (χ0v) is 21.0. The van der Waals surface area contributed by atoms with Crippen molar-refractivity contribution in [1.82, 2.24) is 4.31 Å². The number of hydrogen-bond acceptors (Lipinski definition) is 6. The molecule has 0 radical (unpaired) electrons. The smallest absolute Gasteiger partial charge is 0.255 e. The van der Waals surface area contributed by atoms with Crippen molar-refractivity contribution in [3.63, 3.8) is 0 Å². The first-order valence-electron chi connectivity index (χ1n) is 11.2. The number of benzene rings is 2. The Balaban J connectivity index is 1.76. The lowest BCUT2D eigenvalue weighted by atomic mass is 9.89. The van der Waals surface area contributed by atoms with Crippen LogP contribution in [0.1, 0.15) is 56.0 Å². The predicted molar refractivity (Wildman–Crippen MR) is 136 cm³/mol. The lowest BCUT2D eigenvalue weighted by molar-refractivity contribution is 0.102. The van der Waals surface area contributed by atoms with Gasteiger partial charge >= 0.3 is 0 Å². The fraction of sp³-hybridized carbons (Fsp3) is 0.417. The van der Waals surface area contributed by atoms with Crippen molar-refractivity contribution in [3.8, 4) is 0 Å². The van der Waals surface area contributed by atoms with Gasteiger partial charge in [-0.05, 0) is 68.1 Å². The largest absolute Gasteiger partial charge is 0.379 e. The van der Waals surface area contributed by atoms with E-state index in [1.54, 1.807) is 23.9 Å². The van der Waals surface area contributed by atoms with Crippen LogP contribution in [0, 0.1) is 0 Å². The average Bonchev–Trinajstić information content (AvgIpc) is 2.79. The number of sulfonamides is 1. The number of nitrogens with one attached hydrogen (secondary N) is 1. The van der Waals surface area contributed by atoms with Gasteiger partial charge in [0.1, 0.15) is 0 Å². The van der Waals surface area contributed by atoms with Crippen molar-refractivity contribution in [1.29, 1.82) is 0 Å². The molecule has 0 spiro atoms. The van der Waals surface area contributed by atoms with Crippen LogP contribution in [0.3, 0.4) is 0 Å². The molecule has 178 valence electrons.